The fourth-order valence-corrected chi connectivity index (χ4v) is 4.30. The predicted octanol–water partition coefficient (Wildman–Crippen LogP) is 1.19. The highest BCUT2D eigenvalue weighted by Crippen LogP contribution is 2.23. The highest BCUT2D eigenvalue weighted by atomic mass is 32.2. The fourth-order valence-electron chi connectivity index (χ4n) is 2.93. The van der Waals surface area contributed by atoms with Crippen molar-refractivity contribution in [3.63, 3.8) is 0 Å². The molecule has 0 spiro atoms. The van der Waals surface area contributed by atoms with E-state index in [1.807, 2.05) is 6.92 Å². The van der Waals surface area contributed by atoms with Gasteiger partial charge in [-0.05, 0) is 40.8 Å². The Kier molecular flexibility index (Phi) is 7.32. The van der Waals surface area contributed by atoms with Gasteiger partial charge in [-0.3, -0.25) is 9.89 Å². The molecule has 1 fully saturated rings. The first-order chi connectivity index (χ1) is 10.7. The van der Waals surface area contributed by atoms with Crippen LogP contribution >= 0.6 is 0 Å². The lowest BCUT2D eigenvalue weighted by Gasteiger charge is -2.39. The molecule has 7 heteroatoms. The summed E-state index contributed by atoms with van der Waals surface area (Å²) in [5, 5.41) is 3.31. The molecule has 1 rings (SSSR count). The second-order valence-electron chi connectivity index (χ2n) is 6.76. The molecule has 136 valence electrons. The number of sulfone groups is 1. The van der Waals surface area contributed by atoms with Gasteiger partial charge in [0.05, 0.1) is 17.0 Å². The number of aliphatic imine (C=N–C) groups is 1. The molecule has 0 bridgehead atoms. The highest BCUT2D eigenvalue weighted by molar-refractivity contribution is 7.92. The van der Waals surface area contributed by atoms with E-state index in [1.54, 1.807) is 13.8 Å². The van der Waals surface area contributed by atoms with Crippen LogP contribution in [0, 0.1) is 0 Å². The maximum Gasteiger partial charge on any atom is 0.194 e. The zero-order valence-electron chi connectivity index (χ0n) is 15.6. The van der Waals surface area contributed by atoms with Crippen LogP contribution in [-0.2, 0) is 9.84 Å². The van der Waals surface area contributed by atoms with Crippen molar-refractivity contribution in [1.29, 1.82) is 0 Å². The Bertz CT molecular complexity index is 498. The first-order valence-corrected chi connectivity index (χ1v) is 10.3. The molecule has 1 heterocycles. The van der Waals surface area contributed by atoms with Gasteiger partial charge in [-0.2, -0.15) is 0 Å². The SMILES string of the molecule is CCNC(=NCC(C)N(CC)CC)N1CCS(=O)(=O)C(C)(C)C1. The molecule has 0 aliphatic carbocycles. The number of nitrogens with one attached hydrogen (secondary N) is 1. The summed E-state index contributed by atoms with van der Waals surface area (Å²) in [5.74, 6) is 1.02. The van der Waals surface area contributed by atoms with Crippen molar-refractivity contribution in [3.8, 4) is 0 Å². The van der Waals surface area contributed by atoms with E-state index in [9.17, 15) is 8.42 Å². The van der Waals surface area contributed by atoms with Gasteiger partial charge in [0, 0.05) is 25.7 Å². The summed E-state index contributed by atoms with van der Waals surface area (Å²) in [4.78, 5) is 9.22. The molecular formula is C16H34N4O2S. The Hall–Kier alpha value is -0.820. The Morgan fingerprint density at radius 1 is 1.30 bits per heavy atom. The molecule has 1 atom stereocenters. The molecular weight excluding hydrogens is 312 g/mol. The number of guanidine groups is 1. The van der Waals surface area contributed by atoms with E-state index in [0.717, 1.165) is 25.6 Å². The second-order valence-corrected chi connectivity index (χ2v) is 9.51. The molecule has 1 saturated heterocycles. The van der Waals surface area contributed by atoms with Gasteiger partial charge in [0.15, 0.2) is 15.8 Å². The molecule has 23 heavy (non-hydrogen) atoms. The van der Waals surface area contributed by atoms with Crippen LogP contribution in [0.3, 0.4) is 0 Å². The standard InChI is InChI=1S/C16H34N4O2S/c1-7-17-15(18-12-14(4)19(8-2)9-3)20-10-11-23(21,22)16(5,6)13-20/h14H,7-13H2,1-6H3,(H,17,18). The van der Waals surface area contributed by atoms with Crippen molar-refractivity contribution in [2.45, 2.75) is 52.3 Å². The van der Waals surface area contributed by atoms with Crippen LogP contribution in [0.15, 0.2) is 4.99 Å². The zero-order chi connectivity index (χ0) is 17.7. The Morgan fingerprint density at radius 3 is 2.39 bits per heavy atom. The normalized spacial score (nSPS) is 22.2. The van der Waals surface area contributed by atoms with E-state index < -0.39 is 14.6 Å². The summed E-state index contributed by atoms with van der Waals surface area (Å²) in [6.07, 6.45) is 0. The first-order valence-electron chi connectivity index (χ1n) is 8.68. The zero-order valence-corrected chi connectivity index (χ0v) is 16.4. The van der Waals surface area contributed by atoms with Crippen LogP contribution in [0.2, 0.25) is 0 Å². The molecule has 1 unspecified atom stereocenters. The number of hydrogen-bond acceptors (Lipinski definition) is 4. The fraction of sp³-hybridized carbons (Fsp3) is 0.938. The van der Waals surface area contributed by atoms with Gasteiger partial charge in [0.2, 0.25) is 0 Å². The third-order valence-electron chi connectivity index (χ3n) is 4.62. The number of nitrogens with zero attached hydrogens (tertiary/aromatic N) is 3. The minimum absolute atomic E-state index is 0.190. The maximum atomic E-state index is 12.2. The number of likely N-dealkylation sites (N-methyl/N-ethyl adjacent to an activating group) is 1. The lowest BCUT2D eigenvalue weighted by Crippen LogP contribution is -2.57. The van der Waals surface area contributed by atoms with Crippen LogP contribution in [0.4, 0.5) is 0 Å². The van der Waals surface area contributed by atoms with E-state index >= 15 is 0 Å². The molecule has 0 amide bonds. The van der Waals surface area contributed by atoms with Crippen LogP contribution in [0.1, 0.15) is 41.5 Å². The van der Waals surface area contributed by atoms with Crippen LogP contribution < -0.4 is 5.32 Å². The van der Waals surface area contributed by atoms with E-state index in [2.05, 4.69) is 35.9 Å². The van der Waals surface area contributed by atoms with Crippen molar-refractivity contribution >= 4 is 15.8 Å². The molecule has 0 aromatic carbocycles. The number of hydrogen-bond donors (Lipinski definition) is 1. The van der Waals surface area contributed by atoms with Crippen LogP contribution in [0.25, 0.3) is 0 Å². The Labute approximate surface area is 142 Å². The number of rotatable bonds is 6. The van der Waals surface area contributed by atoms with Gasteiger partial charge in [-0.25, -0.2) is 8.42 Å². The van der Waals surface area contributed by atoms with Crippen molar-refractivity contribution in [2.24, 2.45) is 4.99 Å². The summed E-state index contributed by atoms with van der Waals surface area (Å²) in [7, 11) is -3.03. The average Bonchev–Trinajstić information content (AvgIpc) is 2.47. The summed E-state index contributed by atoms with van der Waals surface area (Å²) in [5.41, 5.74) is 0. The molecule has 0 aromatic heterocycles. The summed E-state index contributed by atoms with van der Waals surface area (Å²) in [6.45, 7) is 16.7. The van der Waals surface area contributed by atoms with Gasteiger partial charge in [-0.15, -0.1) is 0 Å². The second kappa shape index (κ2) is 8.33. The molecule has 1 aliphatic rings. The third kappa shape index (κ3) is 5.08. The minimum Gasteiger partial charge on any atom is -0.357 e. The monoisotopic (exact) mass is 346 g/mol. The van der Waals surface area contributed by atoms with Crippen molar-refractivity contribution < 1.29 is 8.42 Å². The van der Waals surface area contributed by atoms with E-state index in [0.29, 0.717) is 25.7 Å². The van der Waals surface area contributed by atoms with Crippen LogP contribution in [-0.4, -0.2) is 80.0 Å². The minimum atomic E-state index is -3.03. The largest absolute Gasteiger partial charge is 0.357 e. The summed E-state index contributed by atoms with van der Waals surface area (Å²) >= 11 is 0. The quantitative estimate of drug-likeness (QED) is 0.578. The summed E-state index contributed by atoms with van der Waals surface area (Å²) in [6, 6.07) is 0.375. The lowest BCUT2D eigenvalue weighted by atomic mass is 10.2. The third-order valence-corrected chi connectivity index (χ3v) is 7.15. The summed E-state index contributed by atoms with van der Waals surface area (Å²) < 4.78 is 23.6. The first kappa shape index (κ1) is 20.2. The van der Waals surface area contributed by atoms with Gasteiger partial charge >= 0.3 is 0 Å². The van der Waals surface area contributed by atoms with Crippen molar-refractivity contribution in [1.82, 2.24) is 15.1 Å². The molecule has 0 saturated carbocycles. The maximum absolute atomic E-state index is 12.2. The van der Waals surface area contributed by atoms with Gasteiger partial charge in [-0.1, -0.05) is 13.8 Å². The molecule has 0 radical (unpaired) electrons. The van der Waals surface area contributed by atoms with Crippen molar-refractivity contribution in [3.05, 3.63) is 0 Å². The van der Waals surface area contributed by atoms with Gasteiger partial charge < -0.3 is 10.2 Å². The topological polar surface area (TPSA) is 65.0 Å². The molecule has 0 aromatic rings. The van der Waals surface area contributed by atoms with E-state index in [-0.39, 0.29) is 5.75 Å². The van der Waals surface area contributed by atoms with Crippen LogP contribution in [0.5, 0.6) is 0 Å². The van der Waals surface area contributed by atoms with Gasteiger partial charge in [0.25, 0.3) is 0 Å². The predicted molar refractivity (Wildman–Crippen MR) is 97.8 cm³/mol. The average molecular weight is 347 g/mol. The van der Waals surface area contributed by atoms with Crippen molar-refractivity contribution in [2.75, 3.05) is 45.0 Å². The molecule has 6 nitrogen and oxygen atoms in total. The molecule has 1 N–H and O–H groups in total. The molecule has 1 aliphatic heterocycles. The van der Waals surface area contributed by atoms with Gasteiger partial charge in [0.1, 0.15) is 0 Å². The van der Waals surface area contributed by atoms with E-state index in [4.69, 9.17) is 4.99 Å². The lowest BCUT2D eigenvalue weighted by molar-refractivity contribution is 0.236. The van der Waals surface area contributed by atoms with E-state index in [1.165, 1.54) is 0 Å². The Balaban J connectivity index is 2.84. The highest BCUT2D eigenvalue weighted by Gasteiger charge is 2.40. The smallest absolute Gasteiger partial charge is 0.194 e. The Morgan fingerprint density at radius 2 is 1.91 bits per heavy atom.